The Kier molecular flexibility index (Phi) is 5.66. The zero-order valence-corrected chi connectivity index (χ0v) is 13.4. The molecule has 3 rings (SSSR count). The predicted molar refractivity (Wildman–Crippen MR) is 91.5 cm³/mol. The molecule has 1 saturated heterocycles. The van der Waals surface area contributed by atoms with Gasteiger partial charge in [0.25, 0.3) is 0 Å². The minimum Gasteiger partial charge on any atom is -0.376 e. The number of H-pyrrole nitrogens is 1. The molecular weight excluding hydrogens is 290 g/mol. The van der Waals surface area contributed by atoms with Gasteiger partial charge in [0.2, 0.25) is 5.91 Å². The highest BCUT2D eigenvalue weighted by Gasteiger charge is 2.15. The van der Waals surface area contributed by atoms with E-state index in [0.29, 0.717) is 19.5 Å². The van der Waals surface area contributed by atoms with Gasteiger partial charge in [0.15, 0.2) is 0 Å². The van der Waals surface area contributed by atoms with E-state index in [1.54, 1.807) is 0 Å². The van der Waals surface area contributed by atoms with Crippen molar-refractivity contribution in [3.63, 3.8) is 0 Å². The molecule has 3 N–H and O–H groups in total. The smallest absolute Gasteiger partial charge is 0.221 e. The summed E-state index contributed by atoms with van der Waals surface area (Å²) in [6.45, 7) is 3.06. The zero-order valence-electron chi connectivity index (χ0n) is 13.4. The summed E-state index contributed by atoms with van der Waals surface area (Å²) in [5, 5.41) is 7.57. The Morgan fingerprint density at radius 3 is 3.09 bits per heavy atom. The number of aromatic amines is 1. The van der Waals surface area contributed by atoms with Crippen LogP contribution in [0, 0.1) is 0 Å². The van der Waals surface area contributed by atoms with E-state index in [9.17, 15) is 4.79 Å². The van der Waals surface area contributed by atoms with Crippen LogP contribution in [-0.4, -0.2) is 43.2 Å². The first-order valence-corrected chi connectivity index (χ1v) is 8.47. The van der Waals surface area contributed by atoms with Crippen molar-refractivity contribution in [1.29, 1.82) is 0 Å². The van der Waals surface area contributed by atoms with Crippen LogP contribution in [0.25, 0.3) is 10.9 Å². The molecule has 0 radical (unpaired) electrons. The zero-order chi connectivity index (χ0) is 15.9. The van der Waals surface area contributed by atoms with Gasteiger partial charge in [0.1, 0.15) is 0 Å². The van der Waals surface area contributed by atoms with Crippen molar-refractivity contribution in [3.8, 4) is 0 Å². The Hall–Kier alpha value is -1.85. The number of rotatable bonds is 8. The molecule has 1 aliphatic heterocycles. The molecule has 5 nitrogen and oxygen atoms in total. The van der Waals surface area contributed by atoms with Gasteiger partial charge in [0, 0.05) is 43.2 Å². The second kappa shape index (κ2) is 8.13. The number of hydrogen-bond donors (Lipinski definition) is 3. The van der Waals surface area contributed by atoms with Gasteiger partial charge in [-0.25, -0.2) is 0 Å². The van der Waals surface area contributed by atoms with E-state index in [1.165, 1.54) is 16.5 Å². The number of fused-ring (bicyclic) bond motifs is 1. The van der Waals surface area contributed by atoms with Crippen LogP contribution < -0.4 is 10.6 Å². The molecule has 23 heavy (non-hydrogen) atoms. The molecule has 1 fully saturated rings. The molecule has 1 amide bonds. The standard InChI is InChI=1S/C18H25N3O2/c22-18(21-13-15-4-3-11-23-15)8-10-19-9-7-14-12-20-17-6-2-1-5-16(14)17/h1-2,5-6,12,15,19-20H,3-4,7-11,13H2,(H,21,22). The Balaban J connectivity index is 1.30. The largest absolute Gasteiger partial charge is 0.376 e. The normalized spacial score (nSPS) is 17.7. The lowest BCUT2D eigenvalue weighted by Gasteiger charge is -2.11. The van der Waals surface area contributed by atoms with Crippen LogP contribution in [0.15, 0.2) is 30.5 Å². The minimum atomic E-state index is 0.0973. The highest BCUT2D eigenvalue weighted by molar-refractivity contribution is 5.83. The van der Waals surface area contributed by atoms with Crippen LogP contribution >= 0.6 is 0 Å². The average Bonchev–Trinajstić information content (AvgIpc) is 3.22. The topological polar surface area (TPSA) is 66.2 Å². The summed E-state index contributed by atoms with van der Waals surface area (Å²) >= 11 is 0. The van der Waals surface area contributed by atoms with E-state index >= 15 is 0 Å². The van der Waals surface area contributed by atoms with Crippen LogP contribution in [0.5, 0.6) is 0 Å². The van der Waals surface area contributed by atoms with E-state index in [1.807, 2.05) is 6.07 Å². The van der Waals surface area contributed by atoms with Crippen LogP contribution in [0.3, 0.4) is 0 Å². The van der Waals surface area contributed by atoms with Gasteiger partial charge >= 0.3 is 0 Å². The molecule has 1 atom stereocenters. The lowest BCUT2D eigenvalue weighted by molar-refractivity contribution is -0.121. The first-order valence-electron chi connectivity index (χ1n) is 8.47. The fourth-order valence-corrected chi connectivity index (χ4v) is 3.01. The molecule has 2 aromatic rings. The maximum atomic E-state index is 11.8. The molecule has 5 heteroatoms. The van der Waals surface area contributed by atoms with Gasteiger partial charge in [0.05, 0.1) is 6.10 Å². The summed E-state index contributed by atoms with van der Waals surface area (Å²) < 4.78 is 5.49. The molecule has 0 aliphatic carbocycles. The Morgan fingerprint density at radius 1 is 1.30 bits per heavy atom. The lowest BCUT2D eigenvalue weighted by atomic mass is 10.1. The third kappa shape index (κ3) is 4.56. The van der Waals surface area contributed by atoms with Crippen molar-refractivity contribution >= 4 is 16.8 Å². The summed E-state index contributed by atoms with van der Waals surface area (Å²) in [5.74, 6) is 0.0973. The number of aromatic nitrogens is 1. The summed E-state index contributed by atoms with van der Waals surface area (Å²) in [6.07, 6.45) is 5.93. The van der Waals surface area contributed by atoms with Crippen LogP contribution in [-0.2, 0) is 16.0 Å². The Labute approximate surface area is 136 Å². The van der Waals surface area contributed by atoms with Crippen LogP contribution in [0.2, 0.25) is 0 Å². The monoisotopic (exact) mass is 315 g/mol. The molecule has 1 unspecified atom stereocenters. The first-order chi connectivity index (χ1) is 11.3. The number of nitrogens with one attached hydrogen (secondary N) is 3. The van der Waals surface area contributed by atoms with Crippen LogP contribution in [0.4, 0.5) is 0 Å². The molecule has 0 saturated carbocycles. The first kappa shape index (κ1) is 16.0. The van der Waals surface area contributed by atoms with Gasteiger partial charge in [-0.1, -0.05) is 18.2 Å². The second-order valence-electron chi connectivity index (χ2n) is 6.05. The molecule has 1 aliphatic rings. The van der Waals surface area contributed by atoms with Crippen molar-refractivity contribution in [3.05, 3.63) is 36.0 Å². The number of amides is 1. The Morgan fingerprint density at radius 2 is 2.22 bits per heavy atom. The summed E-state index contributed by atoms with van der Waals surface area (Å²) in [5.41, 5.74) is 2.49. The van der Waals surface area contributed by atoms with Gasteiger partial charge in [-0.15, -0.1) is 0 Å². The van der Waals surface area contributed by atoms with Gasteiger partial charge in [-0.05, 0) is 37.4 Å². The SMILES string of the molecule is O=C(CCNCCc1c[nH]c2ccccc12)NCC1CCCO1. The van der Waals surface area contributed by atoms with Crippen molar-refractivity contribution in [2.45, 2.75) is 31.8 Å². The molecule has 1 aromatic heterocycles. The summed E-state index contributed by atoms with van der Waals surface area (Å²) in [7, 11) is 0. The Bertz CT molecular complexity index is 632. The van der Waals surface area contributed by atoms with Gasteiger partial charge in [-0.3, -0.25) is 4.79 Å². The molecule has 1 aromatic carbocycles. The molecule has 2 heterocycles. The number of benzene rings is 1. The number of carbonyl (C=O) groups excluding carboxylic acids is 1. The highest BCUT2D eigenvalue weighted by atomic mass is 16.5. The maximum absolute atomic E-state index is 11.8. The fourth-order valence-electron chi connectivity index (χ4n) is 3.01. The predicted octanol–water partition coefficient (Wildman–Crippen LogP) is 1.99. The van der Waals surface area contributed by atoms with Gasteiger partial charge < -0.3 is 20.4 Å². The van der Waals surface area contributed by atoms with Gasteiger partial charge in [-0.2, -0.15) is 0 Å². The molecule has 124 valence electrons. The van der Waals surface area contributed by atoms with Crippen molar-refractivity contribution in [2.75, 3.05) is 26.2 Å². The van der Waals surface area contributed by atoms with Crippen molar-refractivity contribution < 1.29 is 9.53 Å². The second-order valence-corrected chi connectivity index (χ2v) is 6.05. The third-order valence-electron chi connectivity index (χ3n) is 4.33. The van der Waals surface area contributed by atoms with E-state index in [0.717, 1.165) is 32.4 Å². The number of ether oxygens (including phenoxy) is 1. The minimum absolute atomic E-state index is 0.0973. The summed E-state index contributed by atoms with van der Waals surface area (Å²) in [6, 6.07) is 8.33. The molecule has 0 spiro atoms. The highest BCUT2D eigenvalue weighted by Crippen LogP contribution is 2.17. The van der Waals surface area contributed by atoms with E-state index in [-0.39, 0.29) is 12.0 Å². The maximum Gasteiger partial charge on any atom is 0.221 e. The lowest BCUT2D eigenvalue weighted by Crippen LogP contribution is -2.33. The molecule has 0 bridgehead atoms. The quantitative estimate of drug-likeness (QED) is 0.653. The van der Waals surface area contributed by atoms with Crippen molar-refractivity contribution in [2.24, 2.45) is 0 Å². The fraction of sp³-hybridized carbons (Fsp3) is 0.500. The van der Waals surface area contributed by atoms with E-state index in [2.05, 4.69) is 40.0 Å². The third-order valence-corrected chi connectivity index (χ3v) is 4.33. The number of para-hydroxylation sites is 1. The van der Waals surface area contributed by atoms with E-state index in [4.69, 9.17) is 4.74 Å². The summed E-state index contributed by atoms with van der Waals surface area (Å²) in [4.78, 5) is 15.0. The number of carbonyl (C=O) groups is 1. The molecular formula is C18H25N3O2. The van der Waals surface area contributed by atoms with Crippen molar-refractivity contribution in [1.82, 2.24) is 15.6 Å². The van der Waals surface area contributed by atoms with E-state index < -0.39 is 0 Å². The average molecular weight is 315 g/mol. The number of hydrogen-bond acceptors (Lipinski definition) is 3. The van der Waals surface area contributed by atoms with Crippen LogP contribution in [0.1, 0.15) is 24.8 Å².